The second-order valence-corrected chi connectivity index (χ2v) is 9.71. The van der Waals surface area contributed by atoms with Gasteiger partial charge in [0.25, 0.3) is 0 Å². The molecule has 0 radical (unpaired) electrons. The van der Waals surface area contributed by atoms with Crippen LogP contribution in [0.3, 0.4) is 0 Å². The van der Waals surface area contributed by atoms with Gasteiger partial charge >= 0.3 is 0 Å². The van der Waals surface area contributed by atoms with E-state index in [1.165, 1.54) is 28.4 Å². The van der Waals surface area contributed by atoms with Crippen LogP contribution >= 0.6 is 0 Å². The summed E-state index contributed by atoms with van der Waals surface area (Å²) < 4.78 is 44.6. The van der Waals surface area contributed by atoms with E-state index in [-0.39, 0.29) is 37.7 Å². The third-order valence-corrected chi connectivity index (χ3v) is 6.46. The fourth-order valence-electron chi connectivity index (χ4n) is 3.46. The minimum absolute atomic E-state index is 0.0333. The molecule has 1 N–H and O–H groups in total. The van der Waals surface area contributed by atoms with Crippen LogP contribution in [0, 0.1) is 5.82 Å². The molecule has 1 atom stereocenters. The molecule has 186 valence electrons. The number of halogens is 1. The van der Waals surface area contributed by atoms with E-state index in [1.807, 2.05) is 6.92 Å². The SMILES string of the molecule is CCOc1ccc(N(CCCC(=O)N(Cc2ccc(F)cc2)[C@@H](C)C(=O)NC)S(C)(=O)=O)cc1. The summed E-state index contributed by atoms with van der Waals surface area (Å²) in [7, 11) is -2.09. The number of anilines is 1. The summed E-state index contributed by atoms with van der Waals surface area (Å²) in [5, 5.41) is 2.53. The smallest absolute Gasteiger partial charge is 0.242 e. The Morgan fingerprint density at radius 2 is 1.71 bits per heavy atom. The average Bonchev–Trinajstić information content (AvgIpc) is 2.80. The van der Waals surface area contributed by atoms with E-state index >= 15 is 0 Å². The average molecular weight is 494 g/mol. The zero-order chi connectivity index (χ0) is 25.3. The van der Waals surface area contributed by atoms with Gasteiger partial charge in [0.15, 0.2) is 0 Å². The van der Waals surface area contributed by atoms with Crippen LogP contribution in [0.4, 0.5) is 10.1 Å². The quantitative estimate of drug-likeness (QED) is 0.491. The van der Waals surface area contributed by atoms with Gasteiger partial charge in [-0.2, -0.15) is 0 Å². The summed E-state index contributed by atoms with van der Waals surface area (Å²) in [5.74, 6) is -0.395. The molecule has 2 aromatic rings. The number of hydrogen-bond acceptors (Lipinski definition) is 5. The lowest BCUT2D eigenvalue weighted by Gasteiger charge is -2.29. The van der Waals surface area contributed by atoms with Crippen molar-refractivity contribution in [1.82, 2.24) is 10.2 Å². The number of ether oxygens (including phenoxy) is 1. The van der Waals surface area contributed by atoms with Crippen molar-refractivity contribution in [3.8, 4) is 5.75 Å². The summed E-state index contributed by atoms with van der Waals surface area (Å²) in [6, 6.07) is 11.7. The minimum atomic E-state index is -3.58. The highest BCUT2D eigenvalue weighted by Crippen LogP contribution is 2.22. The first kappa shape index (κ1) is 27.1. The molecular formula is C24H32FN3O5S. The molecule has 0 heterocycles. The second kappa shape index (κ2) is 12.4. The fraction of sp³-hybridized carbons (Fsp3) is 0.417. The van der Waals surface area contributed by atoms with Gasteiger partial charge in [0, 0.05) is 26.6 Å². The number of nitrogens with zero attached hydrogens (tertiary/aromatic N) is 2. The van der Waals surface area contributed by atoms with Crippen molar-refractivity contribution in [2.24, 2.45) is 0 Å². The molecule has 8 nitrogen and oxygen atoms in total. The molecule has 34 heavy (non-hydrogen) atoms. The molecule has 2 amide bonds. The highest BCUT2D eigenvalue weighted by molar-refractivity contribution is 7.92. The largest absolute Gasteiger partial charge is 0.494 e. The van der Waals surface area contributed by atoms with Crippen LogP contribution in [0.15, 0.2) is 48.5 Å². The van der Waals surface area contributed by atoms with Crippen molar-refractivity contribution >= 4 is 27.5 Å². The number of benzene rings is 2. The van der Waals surface area contributed by atoms with Gasteiger partial charge in [-0.1, -0.05) is 12.1 Å². The molecule has 0 aliphatic rings. The van der Waals surface area contributed by atoms with Crippen molar-refractivity contribution in [3.63, 3.8) is 0 Å². The van der Waals surface area contributed by atoms with Gasteiger partial charge in [-0.15, -0.1) is 0 Å². The third-order valence-electron chi connectivity index (χ3n) is 5.27. The van der Waals surface area contributed by atoms with Gasteiger partial charge in [-0.3, -0.25) is 13.9 Å². The molecule has 0 unspecified atom stereocenters. The number of hydrogen-bond donors (Lipinski definition) is 1. The van der Waals surface area contributed by atoms with Gasteiger partial charge in [0.1, 0.15) is 17.6 Å². The highest BCUT2D eigenvalue weighted by atomic mass is 32.2. The molecule has 0 spiro atoms. The Bertz CT molecular complexity index is 1060. The zero-order valence-corrected chi connectivity index (χ0v) is 20.8. The summed E-state index contributed by atoms with van der Waals surface area (Å²) in [6.45, 7) is 4.20. The summed E-state index contributed by atoms with van der Waals surface area (Å²) >= 11 is 0. The summed E-state index contributed by atoms with van der Waals surface area (Å²) in [4.78, 5) is 26.7. The number of rotatable bonds is 12. The second-order valence-electron chi connectivity index (χ2n) is 7.80. The topological polar surface area (TPSA) is 96.0 Å². The highest BCUT2D eigenvalue weighted by Gasteiger charge is 2.26. The zero-order valence-electron chi connectivity index (χ0n) is 20.0. The standard InChI is InChI=1S/C24H32FN3O5S/c1-5-33-22-14-12-21(13-15-22)28(34(4,31)32)16-6-7-23(29)27(18(2)24(30)26-3)17-19-8-10-20(25)11-9-19/h8-15,18H,5-7,16-17H2,1-4H3,(H,26,30)/t18-/m0/s1. The maximum atomic E-state index is 13.3. The molecule has 0 aliphatic carbocycles. The van der Waals surface area contributed by atoms with Gasteiger partial charge in [-0.05, 0) is 62.2 Å². The Hall–Kier alpha value is -3.14. The van der Waals surface area contributed by atoms with E-state index in [0.29, 0.717) is 23.6 Å². The first-order valence-electron chi connectivity index (χ1n) is 11.0. The Balaban J connectivity index is 2.12. The molecule has 0 aromatic heterocycles. The molecule has 0 saturated carbocycles. The van der Waals surface area contributed by atoms with E-state index in [1.54, 1.807) is 43.3 Å². The van der Waals surface area contributed by atoms with Gasteiger partial charge in [-0.25, -0.2) is 12.8 Å². The predicted molar refractivity (Wildman–Crippen MR) is 130 cm³/mol. The van der Waals surface area contributed by atoms with Crippen molar-refractivity contribution in [2.75, 3.05) is 30.8 Å². The van der Waals surface area contributed by atoms with Gasteiger partial charge < -0.3 is 15.0 Å². The van der Waals surface area contributed by atoms with Crippen molar-refractivity contribution in [2.45, 2.75) is 39.3 Å². The minimum Gasteiger partial charge on any atom is -0.494 e. The number of sulfonamides is 1. The van der Waals surface area contributed by atoms with Crippen molar-refractivity contribution in [1.29, 1.82) is 0 Å². The molecule has 0 aliphatic heterocycles. The number of carbonyl (C=O) groups excluding carboxylic acids is 2. The van der Waals surface area contributed by atoms with E-state index in [0.717, 1.165) is 6.26 Å². The van der Waals surface area contributed by atoms with E-state index in [2.05, 4.69) is 5.32 Å². The maximum Gasteiger partial charge on any atom is 0.242 e. The Labute approximate surface area is 200 Å². The van der Waals surface area contributed by atoms with Crippen LogP contribution in [0.2, 0.25) is 0 Å². The van der Waals surface area contributed by atoms with E-state index in [4.69, 9.17) is 4.74 Å². The summed E-state index contributed by atoms with van der Waals surface area (Å²) in [6.07, 6.45) is 1.39. The van der Waals surface area contributed by atoms with Crippen LogP contribution in [0.1, 0.15) is 32.3 Å². The van der Waals surface area contributed by atoms with Crippen LogP contribution in [-0.2, 0) is 26.2 Å². The van der Waals surface area contributed by atoms with Crippen molar-refractivity contribution < 1.29 is 27.1 Å². The number of likely N-dealkylation sites (N-methyl/N-ethyl adjacent to an activating group) is 1. The first-order chi connectivity index (χ1) is 16.1. The van der Waals surface area contributed by atoms with Gasteiger partial charge in [0.05, 0.1) is 18.6 Å². The molecule has 2 rings (SSSR count). The normalized spacial score (nSPS) is 12.0. The Morgan fingerprint density at radius 3 is 2.24 bits per heavy atom. The van der Waals surface area contributed by atoms with Crippen molar-refractivity contribution in [3.05, 3.63) is 59.9 Å². The fourth-order valence-corrected chi connectivity index (χ4v) is 4.42. The molecule has 0 bridgehead atoms. The molecule has 2 aromatic carbocycles. The monoisotopic (exact) mass is 493 g/mol. The Morgan fingerprint density at radius 1 is 1.09 bits per heavy atom. The lowest BCUT2D eigenvalue weighted by molar-refractivity contribution is -0.140. The first-order valence-corrected chi connectivity index (χ1v) is 12.9. The molecule has 0 fully saturated rings. The third kappa shape index (κ3) is 7.72. The molecule has 0 saturated heterocycles. The van der Waals surface area contributed by atoms with E-state index < -0.39 is 21.9 Å². The van der Waals surface area contributed by atoms with Gasteiger partial charge in [0.2, 0.25) is 21.8 Å². The maximum absolute atomic E-state index is 13.3. The number of nitrogens with one attached hydrogen (secondary N) is 1. The predicted octanol–water partition coefficient (Wildman–Crippen LogP) is 2.93. The Kier molecular flexibility index (Phi) is 9.85. The van der Waals surface area contributed by atoms with Crippen LogP contribution in [0.25, 0.3) is 0 Å². The van der Waals surface area contributed by atoms with Crippen LogP contribution in [0.5, 0.6) is 5.75 Å². The van der Waals surface area contributed by atoms with Crippen LogP contribution in [-0.4, -0.2) is 57.6 Å². The molecular weight excluding hydrogens is 461 g/mol. The number of amides is 2. The number of carbonyl (C=O) groups is 2. The lowest BCUT2D eigenvalue weighted by atomic mass is 10.1. The summed E-state index contributed by atoms with van der Waals surface area (Å²) in [5.41, 5.74) is 1.15. The molecule has 10 heteroatoms. The lowest BCUT2D eigenvalue weighted by Crippen LogP contribution is -2.46. The van der Waals surface area contributed by atoms with Crippen LogP contribution < -0.4 is 14.4 Å². The van der Waals surface area contributed by atoms with E-state index in [9.17, 15) is 22.4 Å².